The maximum Gasteiger partial charge on any atom is 0.424 e. The number of hydrogen-bond donors (Lipinski definition) is 2. The fourth-order valence-electron chi connectivity index (χ4n) is 2.40. The number of hydrogen-bond acceptors (Lipinski definition) is 3. The molecule has 0 aliphatic rings. The molecule has 1 aromatic carbocycles. The third-order valence-corrected chi connectivity index (χ3v) is 4.15. The van der Waals surface area contributed by atoms with Gasteiger partial charge in [-0.2, -0.15) is 13.2 Å². The standard InChI is InChI=1S/C16H17ClF3N3O2/c1-23-9-8-22-14(23)15(25,16(18,19)20)6-7-21-13(24)10-11-4-2-3-5-12(11)17/h2-5,8-9,25H,6-7,10H2,1H3,(H,21,24). The second-order valence-electron chi connectivity index (χ2n) is 5.59. The fourth-order valence-corrected chi connectivity index (χ4v) is 2.61. The van der Waals surface area contributed by atoms with Gasteiger partial charge in [0.25, 0.3) is 0 Å². The summed E-state index contributed by atoms with van der Waals surface area (Å²) in [6.07, 6.45) is -3.27. The van der Waals surface area contributed by atoms with E-state index in [0.29, 0.717) is 10.6 Å². The molecule has 2 rings (SSSR count). The average Bonchev–Trinajstić information content (AvgIpc) is 2.95. The number of alkyl halides is 3. The van der Waals surface area contributed by atoms with Crippen molar-refractivity contribution < 1.29 is 23.1 Å². The number of nitrogens with one attached hydrogen (secondary N) is 1. The van der Waals surface area contributed by atoms with Crippen molar-refractivity contribution >= 4 is 17.5 Å². The van der Waals surface area contributed by atoms with Crippen molar-refractivity contribution in [1.82, 2.24) is 14.9 Å². The van der Waals surface area contributed by atoms with E-state index in [1.807, 2.05) is 0 Å². The van der Waals surface area contributed by atoms with Crippen molar-refractivity contribution in [3.63, 3.8) is 0 Å². The molecule has 5 nitrogen and oxygen atoms in total. The summed E-state index contributed by atoms with van der Waals surface area (Å²) in [6, 6.07) is 6.69. The maximum absolute atomic E-state index is 13.3. The molecule has 0 radical (unpaired) electrons. The van der Waals surface area contributed by atoms with Crippen LogP contribution in [0.4, 0.5) is 13.2 Å². The van der Waals surface area contributed by atoms with Crippen molar-refractivity contribution in [2.24, 2.45) is 7.05 Å². The molecule has 136 valence electrons. The van der Waals surface area contributed by atoms with Gasteiger partial charge in [-0.15, -0.1) is 0 Å². The number of amides is 1. The highest BCUT2D eigenvalue weighted by atomic mass is 35.5. The van der Waals surface area contributed by atoms with Gasteiger partial charge in [0.15, 0.2) is 0 Å². The van der Waals surface area contributed by atoms with Gasteiger partial charge in [0, 0.05) is 37.4 Å². The zero-order valence-corrected chi connectivity index (χ0v) is 14.1. The maximum atomic E-state index is 13.3. The Morgan fingerprint density at radius 3 is 2.60 bits per heavy atom. The second-order valence-corrected chi connectivity index (χ2v) is 6.00. The lowest BCUT2D eigenvalue weighted by molar-refractivity contribution is -0.272. The van der Waals surface area contributed by atoms with Crippen LogP contribution in [0.3, 0.4) is 0 Å². The van der Waals surface area contributed by atoms with Crippen LogP contribution in [-0.4, -0.2) is 33.3 Å². The highest BCUT2D eigenvalue weighted by Gasteiger charge is 2.57. The van der Waals surface area contributed by atoms with E-state index in [9.17, 15) is 23.1 Å². The Kier molecular flexibility index (Phi) is 5.74. The topological polar surface area (TPSA) is 67.2 Å². The molecule has 2 aromatic rings. The predicted octanol–water partition coefficient (Wildman–Crippen LogP) is 2.57. The minimum absolute atomic E-state index is 0.0630. The number of benzene rings is 1. The van der Waals surface area contributed by atoms with Crippen LogP contribution in [0.25, 0.3) is 0 Å². The molecule has 0 bridgehead atoms. The minimum Gasteiger partial charge on any atom is -0.374 e. The van der Waals surface area contributed by atoms with Crippen LogP contribution in [0.15, 0.2) is 36.7 Å². The smallest absolute Gasteiger partial charge is 0.374 e. The van der Waals surface area contributed by atoms with E-state index in [2.05, 4.69) is 10.3 Å². The number of aryl methyl sites for hydroxylation is 1. The van der Waals surface area contributed by atoms with Gasteiger partial charge < -0.3 is 15.0 Å². The molecule has 1 amide bonds. The van der Waals surface area contributed by atoms with E-state index in [1.54, 1.807) is 24.3 Å². The first-order valence-corrected chi connectivity index (χ1v) is 7.80. The van der Waals surface area contributed by atoms with Gasteiger partial charge in [-0.25, -0.2) is 4.98 Å². The fraction of sp³-hybridized carbons (Fsp3) is 0.375. The first-order valence-electron chi connectivity index (χ1n) is 7.42. The van der Waals surface area contributed by atoms with Crippen LogP contribution in [0.5, 0.6) is 0 Å². The lowest BCUT2D eigenvalue weighted by atomic mass is 9.97. The van der Waals surface area contributed by atoms with Crippen LogP contribution in [0.1, 0.15) is 17.8 Å². The molecule has 0 fully saturated rings. The molecule has 1 heterocycles. The highest BCUT2D eigenvalue weighted by Crippen LogP contribution is 2.40. The Labute approximate surface area is 147 Å². The zero-order chi connectivity index (χ0) is 18.7. The molecule has 25 heavy (non-hydrogen) atoms. The Morgan fingerprint density at radius 2 is 2.04 bits per heavy atom. The van der Waals surface area contributed by atoms with Crippen molar-refractivity contribution in [1.29, 1.82) is 0 Å². The molecule has 0 saturated carbocycles. The third-order valence-electron chi connectivity index (χ3n) is 3.78. The summed E-state index contributed by atoms with van der Waals surface area (Å²) in [6.45, 7) is -0.369. The summed E-state index contributed by atoms with van der Waals surface area (Å²) in [5.74, 6) is -1.02. The Bertz CT molecular complexity index is 748. The largest absolute Gasteiger partial charge is 0.424 e. The van der Waals surface area contributed by atoms with Gasteiger partial charge in [0.2, 0.25) is 11.5 Å². The molecule has 1 unspecified atom stereocenters. The molecular formula is C16H17ClF3N3O2. The molecule has 0 aliphatic carbocycles. The van der Waals surface area contributed by atoms with Gasteiger partial charge in [0.05, 0.1) is 6.42 Å². The Morgan fingerprint density at radius 1 is 1.36 bits per heavy atom. The van der Waals surface area contributed by atoms with Gasteiger partial charge in [0.1, 0.15) is 5.82 Å². The van der Waals surface area contributed by atoms with E-state index in [4.69, 9.17) is 11.6 Å². The van der Waals surface area contributed by atoms with Gasteiger partial charge >= 0.3 is 6.18 Å². The normalized spacial score (nSPS) is 14.2. The number of carbonyl (C=O) groups is 1. The quantitative estimate of drug-likeness (QED) is 0.815. The number of aliphatic hydroxyl groups is 1. The summed E-state index contributed by atoms with van der Waals surface area (Å²) >= 11 is 5.94. The van der Waals surface area contributed by atoms with Crippen molar-refractivity contribution in [2.75, 3.05) is 6.54 Å². The summed E-state index contributed by atoms with van der Waals surface area (Å²) in [5, 5.41) is 12.9. The highest BCUT2D eigenvalue weighted by molar-refractivity contribution is 6.31. The number of imidazole rings is 1. The number of aromatic nitrogens is 2. The summed E-state index contributed by atoms with van der Waals surface area (Å²) in [5.41, 5.74) is -2.58. The molecular weight excluding hydrogens is 359 g/mol. The molecule has 1 aromatic heterocycles. The summed E-state index contributed by atoms with van der Waals surface area (Å²) in [7, 11) is 1.36. The molecule has 9 heteroatoms. The van der Waals surface area contributed by atoms with E-state index in [1.165, 1.54) is 19.4 Å². The molecule has 0 spiro atoms. The first-order chi connectivity index (χ1) is 11.6. The lowest BCUT2D eigenvalue weighted by Gasteiger charge is -2.30. The molecule has 1 atom stereocenters. The lowest BCUT2D eigenvalue weighted by Crippen LogP contribution is -2.46. The van der Waals surface area contributed by atoms with E-state index in [0.717, 1.165) is 4.57 Å². The van der Waals surface area contributed by atoms with Crippen LogP contribution in [0, 0.1) is 0 Å². The van der Waals surface area contributed by atoms with Crippen LogP contribution < -0.4 is 5.32 Å². The van der Waals surface area contributed by atoms with Gasteiger partial charge in [-0.05, 0) is 11.6 Å². The van der Waals surface area contributed by atoms with Gasteiger partial charge in [-0.1, -0.05) is 29.8 Å². The van der Waals surface area contributed by atoms with Crippen molar-refractivity contribution in [3.05, 3.63) is 53.1 Å². The van der Waals surface area contributed by atoms with Crippen molar-refractivity contribution in [3.8, 4) is 0 Å². The monoisotopic (exact) mass is 375 g/mol. The van der Waals surface area contributed by atoms with E-state index in [-0.39, 0.29) is 13.0 Å². The average molecular weight is 376 g/mol. The number of rotatable bonds is 6. The third kappa shape index (κ3) is 4.32. The minimum atomic E-state index is -4.93. The Hall–Kier alpha value is -2.06. The molecule has 0 saturated heterocycles. The molecule has 0 aliphatic heterocycles. The van der Waals surface area contributed by atoms with E-state index >= 15 is 0 Å². The van der Waals surface area contributed by atoms with Crippen LogP contribution >= 0.6 is 11.6 Å². The van der Waals surface area contributed by atoms with Crippen molar-refractivity contribution in [2.45, 2.75) is 24.6 Å². The molecule has 2 N–H and O–H groups in total. The van der Waals surface area contributed by atoms with Gasteiger partial charge in [-0.3, -0.25) is 4.79 Å². The van der Waals surface area contributed by atoms with E-state index < -0.39 is 29.9 Å². The SMILES string of the molecule is Cn1ccnc1C(O)(CCNC(=O)Cc1ccccc1Cl)C(F)(F)F. The summed E-state index contributed by atoms with van der Waals surface area (Å²) in [4.78, 5) is 15.5. The predicted molar refractivity (Wildman–Crippen MR) is 85.9 cm³/mol. The number of halogens is 4. The first kappa shape index (κ1) is 19.3. The zero-order valence-electron chi connectivity index (χ0n) is 13.3. The summed E-state index contributed by atoms with van der Waals surface area (Å²) < 4.78 is 41.1. The number of nitrogens with zero attached hydrogens (tertiary/aromatic N) is 2. The van der Waals surface area contributed by atoms with Crippen LogP contribution in [-0.2, 0) is 23.9 Å². The Balaban J connectivity index is 2.01. The number of carbonyl (C=O) groups excluding carboxylic acids is 1. The second kappa shape index (κ2) is 7.45. The van der Waals surface area contributed by atoms with Crippen LogP contribution in [0.2, 0.25) is 5.02 Å².